The van der Waals surface area contributed by atoms with Crippen molar-refractivity contribution in [1.82, 2.24) is 0 Å². The Labute approximate surface area is 231 Å². The molecule has 0 bridgehead atoms. The summed E-state index contributed by atoms with van der Waals surface area (Å²) < 4.78 is 6.46. The molecule has 5 fully saturated rings. The molecule has 0 unspecified atom stereocenters. The predicted octanol–water partition coefficient (Wildman–Crippen LogP) is 9.56. The van der Waals surface area contributed by atoms with Gasteiger partial charge >= 0.3 is 0 Å². The summed E-state index contributed by atoms with van der Waals surface area (Å²) in [6.45, 7) is 12.7. The van der Waals surface area contributed by atoms with E-state index in [1.165, 1.54) is 64.2 Å². The number of ether oxygens (including phenoxy) is 1. The number of hydrogen-bond acceptors (Lipinski definition) is 1. The number of rotatable bonds is 5. The first-order valence-electron chi connectivity index (χ1n) is 15.6. The van der Waals surface area contributed by atoms with Crippen molar-refractivity contribution in [3.05, 3.63) is 34.9 Å². The van der Waals surface area contributed by atoms with Gasteiger partial charge in [-0.2, -0.15) is 0 Å². The highest BCUT2D eigenvalue weighted by Crippen LogP contribution is 2.71. The van der Waals surface area contributed by atoms with Crippen LogP contribution in [0.1, 0.15) is 111 Å². The van der Waals surface area contributed by atoms with Gasteiger partial charge in [-0.3, -0.25) is 0 Å². The van der Waals surface area contributed by atoms with Crippen molar-refractivity contribution in [2.45, 2.75) is 117 Å². The Morgan fingerprint density at radius 1 is 0.946 bits per heavy atom. The summed E-state index contributed by atoms with van der Waals surface area (Å²) in [5, 5.41) is 0.749. The molecule has 1 nitrogen and oxygen atoms in total. The number of hydrogen-bond donors (Lipinski definition) is 0. The highest BCUT2D eigenvalue weighted by molar-refractivity contribution is 6.31. The minimum atomic E-state index is -0.205. The van der Waals surface area contributed by atoms with Gasteiger partial charge in [0.25, 0.3) is 0 Å². The van der Waals surface area contributed by atoms with E-state index >= 15 is 0 Å². The summed E-state index contributed by atoms with van der Waals surface area (Å²) in [4.78, 5) is 0. The van der Waals surface area contributed by atoms with Crippen LogP contribution in [0.15, 0.2) is 24.3 Å². The van der Waals surface area contributed by atoms with Crippen molar-refractivity contribution in [2.75, 3.05) is 0 Å². The van der Waals surface area contributed by atoms with E-state index in [1.54, 1.807) is 0 Å². The summed E-state index contributed by atoms with van der Waals surface area (Å²) in [6.07, 6.45) is 15.6. The van der Waals surface area contributed by atoms with Crippen LogP contribution in [0.25, 0.3) is 0 Å². The molecule has 37 heavy (non-hydrogen) atoms. The topological polar surface area (TPSA) is 12.5 Å². The van der Waals surface area contributed by atoms with E-state index in [2.05, 4.69) is 46.5 Å². The third-order valence-electron chi connectivity index (χ3n) is 12.5. The normalized spacial score (nSPS) is 44.6. The lowest BCUT2D eigenvalue weighted by molar-refractivity contribution is -0.112. The molecule has 1 aliphatic heterocycles. The summed E-state index contributed by atoms with van der Waals surface area (Å²) in [5.74, 6) is 13.2. The lowest BCUT2D eigenvalue weighted by atomic mass is 9.44. The van der Waals surface area contributed by atoms with Gasteiger partial charge in [-0.05, 0) is 116 Å². The molecule has 4 saturated carbocycles. The van der Waals surface area contributed by atoms with Crippen molar-refractivity contribution < 1.29 is 4.74 Å². The third kappa shape index (κ3) is 4.42. The molecule has 2 heteroatoms. The highest BCUT2D eigenvalue weighted by atomic mass is 35.5. The average molecular weight is 521 g/mol. The molecule has 0 amide bonds. The second-order valence-corrected chi connectivity index (χ2v) is 15.2. The minimum absolute atomic E-state index is 0.205. The molecule has 0 spiro atoms. The maximum Gasteiger partial charge on any atom is 0.155 e. The third-order valence-corrected chi connectivity index (χ3v) is 12.9. The highest BCUT2D eigenvalue weighted by Gasteiger charge is 2.68. The number of halogens is 1. The molecule has 1 aromatic carbocycles. The maximum absolute atomic E-state index is 6.46. The van der Waals surface area contributed by atoms with Crippen molar-refractivity contribution in [2.24, 2.45) is 52.3 Å². The Kier molecular flexibility index (Phi) is 6.81. The first kappa shape index (κ1) is 26.3. The standard InChI is InChI=1S/C35H49ClO/c1-23(2)9-8-10-24(3)28-15-16-29-27-14-13-26-21-35(20-17-25-11-6-7-12-31(25)36)32(37-35)22-34(26,5)30(27)18-19-33(28,29)4/h6-7,11-12,23-24,26-30,32H,8-10,13-16,18-19,21-22H2,1-5H3/t24-,26+,27-,28-,29+,30-,32-,33-,34+,35+/m1/s1. The van der Waals surface area contributed by atoms with Gasteiger partial charge in [0.2, 0.25) is 0 Å². The summed E-state index contributed by atoms with van der Waals surface area (Å²) >= 11 is 6.39. The Bertz CT molecular complexity index is 1070. The van der Waals surface area contributed by atoms with Crippen molar-refractivity contribution >= 4 is 11.6 Å². The fourth-order valence-electron chi connectivity index (χ4n) is 10.5. The van der Waals surface area contributed by atoms with Crippen LogP contribution in [-0.4, -0.2) is 11.7 Å². The second kappa shape index (κ2) is 9.59. The van der Waals surface area contributed by atoms with Crippen LogP contribution in [-0.2, 0) is 4.74 Å². The van der Waals surface area contributed by atoms with Gasteiger partial charge in [-0.25, -0.2) is 0 Å². The monoisotopic (exact) mass is 520 g/mol. The number of fused-ring (bicyclic) bond motifs is 6. The molecule has 6 rings (SSSR count). The Balaban J connectivity index is 1.15. The molecule has 1 heterocycles. The Morgan fingerprint density at radius 3 is 2.51 bits per heavy atom. The summed E-state index contributed by atoms with van der Waals surface area (Å²) in [7, 11) is 0. The molecule has 1 aromatic rings. The van der Waals surface area contributed by atoms with Gasteiger partial charge in [-0.15, -0.1) is 0 Å². The fraction of sp³-hybridized carbons (Fsp3) is 0.771. The zero-order valence-electron chi connectivity index (χ0n) is 24.0. The van der Waals surface area contributed by atoms with Crippen LogP contribution in [0.2, 0.25) is 5.02 Å². The lowest BCUT2D eigenvalue weighted by Gasteiger charge is -2.60. The molecule has 0 radical (unpaired) electrons. The zero-order chi connectivity index (χ0) is 26.0. The summed E-state index contributed by atoms with van der Waals surface area (Å²) in [5.41, 5.74) is 1.74. The van der Waals surface area contributed by atoms with E-state index in [9.17, 15) is 0 Å². The fourth-order valence-corrected chi connectivity index (χ4v) is 10.7. The lowest BCUT2D eigenvalue weighted by Crippen LogP contribution is -2.54. The van der Waals surface area contributed by atoms with E-state index in [-0.39, 0.29) is 5.60 Å². The molecule has 0 aromatic heterocycles. The second-order valence-electron chi connectivity index (χ2n) is 14.8. The van der Waals surface area contributed by atoms with Gasteiger partial charge < -0.3 is 4.74 Å². The SMILES string of the molecule is CC(C)CCC[C@@H](C)[C@H]1CC[C@H]2[C@H]3CC[C@H]4C[C@]5(C#Cc6ccccc6Cl)O[C@@H]5C[C@]4(C)[C@@H]3CC[C@]12C. The molecule has 10 atom stereocenters. The molecular weight excluding hydrogens is 472 g/mol. The van der Waals surface area contributed by atoms with Crippen LogP contribution < -0.4 is 0 Å². The van der Waals surface area contributed by atoms with Crippen molar-refractivity contribution in [1.29, 1.82) is 0 Å². The Morgan fingerprint density at radius 2 is 1.73 bits per heavy atom. The quantitative estimate of drug-likeness (QED) is 0.278. The van der Waals surface area contributed by atoms with Crippen molar-refractivity contribution in [3.8, 4) is 11.8 Å². The molecule has 5 aliphatic rings. The first-order valence-corrected chi connectivity index (χ1v) is 16.0. The van der Waals surface area contributed by atoms with Crippen LogP contribution in [0, 0.1) is 64.1 Å². The van der Waals surface area contributed by atoms with Crippen LogP contribution >= 0.6 is 11.6 Å². The molecular formula is C35H49ClO. The van der Waals surface area contributed by atoms with Gasteiger partial charge in [0.1, 0.15) is 6.10 Å². The van der Waals surface area contributed by atoms with Gasteiger partial charge in [0.15, 0.2) is 5.60 Å². The average Bonchev–Trinajstić information content (AvgIpc) is 3.41. The van der Waals surface area contributed by atoms with E-state index in [1.807, 2.05) is 24.3 Å². The smallest absolute Gasteiger partial charge is 0.155 e. The summed E-state index contributed by atoms with van der Waals surface area (Å²) in [6, 6.07) is 7.96. The molecule has 1 saturated heterocycles. The van der Waals surface area contributed by atoms with E-state index in [4.69, 9.17) is 16.3 Å². The zero-order valence-corrected chi connectivity index (χ0v) is 24.7. The van der Waals surface area contributed by atoms with Gasteiger partial charge in [0, 0.05) is 5.56 Å². The molecule has 0 N–H and O–H groups in total. The maximum atomic E-state index is 6.46. The van der Waals surface area contributed by atoms with E-state index < -0.39 is 0 Å². The number of benzene rings is 1. The predicted molar refractivity (Wildman–Crippen MR) is 154 cm³/mol. The van der Waals surface area contributed by atoms with Crippen LogP contribution in [0.5, 0.6) is 0 Å². The first-order chi connectivity index (χ1) is 17.7. The largest absolute Gasteiger partial charge is 0.352 e. The van der Waals surface area contributed by atoms with Crippen molar-refractivity contribution in [3.63, 3.8) is 0 Å². The van der Waals surface area contributed by atoms with Gasteiger partial charge in [-0.1, -0.05) is 89.5 Å². The molecule has 202 valence electrons. The van der Waals surface area contributed by atoms with Crippen LogP contribution in [0.4, 0.5) is 0 Å². The molecule has 4 aliphatic carbocycles. The minimum Gasteiger partial charge on any atom is -0.352 e. The van der Waals surface area contributed by atoms with E-state index in [0.29, 0.717) is 16.9 Å². The van der Waals surface area contributed by atoms with Crippen LogP contribution in [0.3, 0.4) is 0 Å². The van der Waals surface area contributed by atoms with E-state index in [0.717, 1.165) is 58.4 Å². The number of epoxide rings is 1. The Hall–Kier alpha value is -0.970. The van der Waals surface area contributed by atoms with Gasteiger partial charge in [0.05, 0.1) is 5.02 Å².